The maximum absolute atomic E-state index is 12.9. The number of hydrazine groups is 1. The predicted molar refractivity (Wildman–Crippen MR) is 96.7 cm³/mol. The topological polar surface area (TPSA) is 65.6 Å². The number of piperidine rings is 1. The lowest BCUT2D eigenvalue weighted by molar-refractivity contribution is -0.125. The van der Waals surface area contributed by atoms with Gasteiger partial charge in [0.25, 0.3) is 0 Å². The zero-order valence-corrected chi connectivity index (χ0v) is 15.3. The van der Waals surface area contributed by atoms with Crippen LogP contribution in [-0.4, -0.2) is 55.7 Å². The highest BCUT2D eigenvalue weighted by Gasteiger charge is 2.40. The van der Waals surface area contributed by atoms with E-state index >= 15 is 0 Å². The van der Waals surface area contributed by atoms with Crippen molar-refractivity contribution in [1.29, 1.82) is 0 Å². The van der Waals surface area contributed by atoms with Crippen molar-refractivity contribution in [2.75, 3.05) is 32.7 Å². The van der Waals surface area contributed by atoms with E-state index < -0.39 is 0 Å². The van der Waals surface area contributed by atoms with E-state index in [1.54, 1.807) is 0 Å². The standard InChI is InChI=1S/C19H34N4O2/c24-19(17-10-18(25-22-17)15-4-2-1-3-5-15)16-11-21-23(13-16)12-14-6-8-20-9-7-14/h14-18,20-22H,1-13H2. The second kappa shape index (κ2) is 8.44. The summed E-state index contributed by atoms with van der Waals surface area (Å²) in [6, 6.07) is -0.0995. The van der Waals surface area contributed by atoms with Gasteiger partial charge < -0.3 is 5.32 Å². The maximum Gasteiger partial charge on any atom is 0.157 e. The van der Waals surface area contributed by atoms with Crippen molar-refractivity contribution in [2.45, 2.75) is 63.5 Å². The smallest absolute Gasteiger partial charge is 0.157 e. The summed E-state index contributed by atoms with van der Waals surface area (Å²) in [6.07, 6.45) is 10.1. The Morgan fingerprint density at radius 2 is 1.88 bits per heavy atom. The Hall–Kier alpha value is -0.530. The number of hydrogen-bond donors (Lipinski definition) is 3. The van der Waals surface area contributed by atoms with Crippen LogP contribution in [0.3, 0.4) is 0 Å². The number of hydroxylamine groups is 1. The van der Waals surface area contributed by atoms with Gasteiger partial charge in [0.2, 0.25) is 0 Å². The molecule has 6 nitrogen and oxygen atoms in total. The van der Waals surface area contributed by atoms with Gasteiger partial charge in [-0.15, -0.1) is 0 Å². The third-order valence-electron chi connectivity index (χ3n) is 6.69. The third kappa shape index (κ3) is 4.42. The molecule has 3 unspecified atom stereocenters. The van der Waals surface area contributed by atoms with E-state index in [2.05, 4.69) is 21.2 Å². The van der Waals surface area contributed by atoms with Crippen LogP contribution >= 0.6 is 0 Å². The highest BCUT2D eigenvalue weighted by molar-refractivity contribution is 5.87. The Labute approximate surface area is 151 Å². The molecule has 0 radical (unpaired) electrons. The lowest BCUT2D eigenvalue weighted by Gasteiger charge is -2.27. The molecule has 0 amide bonds. The van der Waals surface area contributed by atoms with Gasteiger partial charge in [0.15, 0.2) is 5.78 Å². The van der Waals surface area contributed by atoms with Gasteiger partial charge in [-0.05, 0) is 50.6 Å². The largest absolute Gasteiger partial charge is 0.317 e. The minimum atomic E-state index is -0.0995. The van der Waals surface area contributed by atoms with Crippen LogP contribution in [0.15, 0.2) is 0 Å². The fraction of sp³-hybridized carbons (Fsp3) is 0.947. The van der Waals surface area contributed by atoms with Crippen LogP contribution < -0.4 is 16.2 Å². The number of hydrogen-bond acceptors (Lipinski definition) is 6. The highest BCUT2D eigenvalue weighted by Crippen LogP contribution is 2.32. The summed E-state index contributed by atoms with van der Waals surface area (Å²) in [5, 5.41) is 5.70. The van der Waals surface area contributed by atoms with Crippen LogP contribution in [0.5, 0.6) is 0 Å². The van der Waals surface area contributed by atoms with Crippen LogP contribution in [0.2, 0.25) is 0 Å². The number of carbonyl (C=O) groups excluding carboxylic acids is 1. The van der Waals surface area contributed by atoms with E-state index in [9.17, 15) is 4.79 Å². The van der Waals surface area contributed by atoms with E-state index in [-0.39, 0.29) is 18.1 Å². The van der Waals surface area contributed by atoms with Gasteiger partial charge in [-0.1, -0.05) is 19.3 Å². The van der Waals surface area contributed by atoms with Crippen molar-refractivity contribution < 1.29 is 9.63 Å². The molecule has 3 saturated heterocycles. The molecule has 0 aromatic heterocycles. The Morgan fingerprint density at radius 1 is 1.08 bits per heavy atom. The first-order valence-electron chi connectivity index (χ1n) is 10.4. The molecular weight excluding hydrogens is 316 g/mol. The molecule has 3 atom stereocenters. The number of nitrogens with one attached hydrogen (secondary N) is 3. The quantitative estimate of drug-likeness (QED) is 0.693. The van der Waals surface area contributed by atoms with Crippen LogP contribution in [0.4, 0.5) is 0 Å². The molecule has 25 heavy (non-hydrogen) atoms. The Morgan fingerprint density at radius 3 is 2.68 bits per heavy atom. The average Bonchev–Trinajstić information content (AvgIpc) is 3.33. The summed E-state index contributed by atoms with van der Waals surface area (Å²) in [5.74, 6) is 1.86. The molecule has 1 saturated carbocycles. The Kier molecular flexibility index (Phi) is 6.03. The van der Waals surface area contributed by atoms with Gasteiger partial charge in [-0.25, -0.2) is 5.01 Å². The molecule has 4 aliphatic rings. The molecule has 0 spiro atoms. The van der Waals surface area contributed by atoms with Crippen LogP contribution in [0.25, 0.3) is 0 Å². The van der Waals surface area contributed by atoms with Gasteiger partial charge >= 0.3 is 0 Å². The Bertz CT molecular complexity index is 449. The third-order valence-corrected chi connectivity index (χ3v) is 6.69. The molecule has 142 valence electrons. The van der Waals surface area contributed by atoms with Crippen LogP contribution in [0.1, 0.15) is 51.4 Å². The summed E-state index contributed by atoms with van der Waals surface area (Å²) in [7, 11) is 0. The van der Waals surface area contributed by atoms with E-state index in [1.165, 1.54) is 44.9 Å². The molecule has 3 heterocycles. The van der Waals surface area contributed by atoms with Crippen molar-refractivity contribution in [2.24, 2.45) is 17.8 Å². The zero-order chi connectivity index (χ0) is 17.1. The van der Waals surface area contributed by atoms with Crippen molar-refractivity contribution in [3.63, 3.8) is 0 Å². The lowest BCUT2D eigenvalue weighted by Crippen LogP contribution is -2.40. The first kappa shape index (κ1) is 17.9. The number of Topliss-reactive ketones (excluding diaryl/α,β-unsaturated/α-hetero) is 1. The molecule has 0 bridgehead atoms. The summed E-state index contributed by atoms with van der Waals surface area (Å²) in [4.78, 5) is 18.7. The monoisotopic (exact) mass is 350 g/mol. The van der Waals surface area contributed by atoms with Crippen LogP contribution in [-0.2, 0) is 9.63 Å². The van der Waals surface area contributed by atoms with Gasteiger partial charge in [-0.3, -0.25) is 15.1 Å². The minimum absolute atomic E-state index is 0.0995. The molecular formula is C19H34N4O2. The predicted octanol–water partition coefficient (Wildman–Crippen LogP) is 1.23. The fourth-order valence-corrected chi connectivity index (χ4v) is 5.09. The van der Waals surface area contributed by atoms with E-state index in [0.717, 1.165) is 45.1 Å². The molecule has 4 rings (SSSR count). The zero-order valence-electron chi connectivity index (χ0n) is 15.3. The van der Waals surface area contributed by atoms with Crippen molar-refractivity contribution in [3.05, 3.63) is 0 Å². The molecule has 4 fully saturated rings. The average molecular weight is 351 g/mol. The number of carbonyl (C=O) groups is 1. The summed E-state index contributed by atoms with van der Waals surface area (Å²) in [6.45, 7) is 4.98. The van der Waals surface area contributed by atoms with Crippen molar-refractivity contribution in [1.82, 2.24) is 21.2 Å². The van der Waals surface area contributed by atoms with Gasteiger partial charge in [-0.2, -0.15) is 5.48 Å². The SMILES string of the molecule is O=C(C1CNN(CC2CCNCC2)C1)C1CC(C2CCCCC2)ON1. The lowest BCUT2D eigenvalue weighted by atomic mass is 9.82. The number of ketones is 1. The summed E-state index contributed by atoms with van der Waals surface area (Å²) in [5.41, 5.74) is 6.53. The van der Waals surface area contributed by atoms with E-state index in [4.69, 9.17) is 4.84 Å². The normalized spacial score (nSPS) is 36.1. The molecule has 3 aliphatic heterocycles. The van der Waals surface area contributed by atoms with Crippen LogP contribution in [0, 0.1) is 17.8 Å². The number of rotatable bonds is 5. The molecule has 0 aromatic carbocycles. The molecule has 1 aliphatic carbocycles. The molecule has 3 N–H and O–H groups in total. The molecule has 6 heteroatoms. The van der Waals surface area contributed by atoms with Crippen molar-refractivity contribution in [3.8, 4) is 0 Å². The summed E-state index contributed by atoms with van der Waals surface area (Å²) >= 11 is 0. The van der Waals surface area contributed by atoms with E-state index in [0.29, 0.717) is 11.7 Å². The van der Waals surface area contributed by atoms with E-state index in [1.807, 2.05) is 0 Å². The van der Waals surface area contributed by atoms with Gasteiger partial charge in [0.1, 0.15) is 0 Å². The summed E-state index contributed by atoms with van der Waals surface area (Å²) < 4.78 is 0. The second-order valence-electron chi connectivity index (χ2n) is 8.52. The second-order valence-corrected chi connectivity index (χ2v) is 8.52. The first-order valence-corrected chi connectivity index (χ1v) is 10.4. The maximum atomic E-state index is 12.9. The highest BCUT2D eigenvalue weighted by atomic mass is 16.7. The number of nitrogens with zero attached hydrogens (tertiary/aromatic N) is 1. The van der Waals surface area contributed by atoms with Crippen molar-refractivity contribution >= 4 is 5.78 Å². The fourth-order valence-electron chi connectivity index (χ4n) is 5.09. The molecule has 0 aromatic rings. The Balaban J connectivity index is 1.23. The first-order chi connectivity index (χ1) is 12.3. The van der Waals surface area contributed by atoms with Gasteiger partial charge in [0, 0.05) is 32.0 Å². The van der Waals surface area contributed by atoms with Gasteiger partial charge in [0.05, 0.1) is 12.1 Å². The minimum Gasteiger partial charge on any atom is -0.317 e.